The molecule has 0 amide bonds. The summed E-state index contributed by atoms with van der Waals surface area (Å²) in [5, 5.41) is 14.3. The third-order valence-electron chi connectivity index (χ3n) is 8.37. The molecule has 196 valence electrons. The molecular formula is C38H23BOS2. The topological polar surface area (TPSA) is 20.2 Å². The average Bonchev–Trinajstić information content (AvgIpc) is 3.09. The molecule has 0 atom stereocenters. The first-order chi connectivity index (χ1) is 22.4. The lowest BCUT2D eigenvalue weighted by Crippen LogP contribution is -2.57. The summed E-state index contributed by atoms with van der Waals surface area (Å²) in [5.41, 5.74) is 6.99. The normalized spacial score (nSPS) is 14.4. The number of aromatic hydroxyl groups is 1. The minimum atomic E-state index is -0.578. The summed E-state index contributed by atoms with van der Waals surface area (Å²) in [4.78, 5) is 5.02. The fourth-order valence-corrected chi connectivity index (χ4v) is 9.19. The molecule has 0 spiro atoms. The number of hydrogen-bond acceptors (Lipinski definition) is 3. The highest BCUT2D eigenvalue weighted by Crippen LogP contribution is 2.47. The fourth-order valence-electron chi connectivity index (χ4n) is 6.71. The van der Waals surface area contributed by atoms with E-state index in [0.717, 1.165) is 32.7 Å². The maximum atomic E-state index is 10.7. The van der Waals surface area contributed by atoms with E-state index in [4.69, 9.17) is 5.48 Å². The zero-order valence-corrected chi connectivity index (χ0v) is 23.9. The maximum Gasteiger partial charge on any atom is 0.247 e. The highest BCUT2D eigenvalue weighted by molar-refractivity contribution is 8.01. The molecule has 0 saturated heterocycles. The van der Waals surface area contributed by atoms with E-state index in [9.17, 15) is 5.11 Å². The first-order valence-corrected chi connectivity index (χ1v) is 15.5. The number of phenolic OH excluding ortho intramolecular Hbond substituents is 1. The molecule has 0 unspecified atom stereocenters. The molecule has 9 rings (SSSR count). The largest absolute Gasteiger partial charge is 0.508 e. The van der Waals surface area contributed by atoms with Crippen LogP contribution in [0.2, 0.25) is 0 Å². The van der Waals surface area contributed by atoms with E-state index in [2.05, 4.69) is 72.8 Å². The lowest BCUT2D eigenvalue weighted by molar-refractivity contribution is 0.475. The molecule has 4 heteroatoms. The number of hydrogen-bond donors (Lipinski definition) is 1. The predicted molar refractivity (Wildman–Crippen MR) is 180 cm³/mol. The lowest BCUT2D eigenvalue weighted by atomic mass is 9.36. The Labute approximate surface area is 258 Å². The Hall–Kier alpha value is -4.38. The second kappa shape index (κ2) is 9.32. The van der Waals surface area contributed by atoms with Crippen LogP contribution in [-0.2, 0) is 0 Å². The molecule has 7 aromatic carbocycles. The summed E-state index contributed by atoms with van der Waals surface area (Å²) >= 11 is 3.65. The Balaban J connectivity index is 1.37. The Kier molecular flexibility index (Phi) is 4.55. The smallest absolute Gasteiger partial charge is 0.247 e. The van der Waals surface area contributed by atoms with Gasteiger partial charge in [-0.2, -0.15) is 0 Å². The molecule has 1 nitrogen and oxygen atoms in total. The van der Waals surface area contributed by atoms with E-state index in [0.29, 0.717) is 5.56 Å². The molecule has 0 bridgehead atoms. The first-order valence-electron chi connectivity index (χ1n) is 15.9. The van der Waals surface area contributed by atoms with Gasteiger partial charge < -0.3 is 5.11 Å². The summed E-state index contributed by atoms with van der Waals surface area (Å²) in [6.45, 7) is 0.169. The van der Waals surface area contributed by atoms with Crippen molar-refractivity contribution in [3.8, 4) is 28.0 Å². The second-order valence-electron chi connectivity index (χ2n) is 10.7. The third kappa shape index (κ3) is 3.55. The van der Waals surface area contributed by atoms with Gasteiger partial charge in [-0.15, -0.1) is 0 Å². The van der Waals surface area contributed by atoms with Gasteiger partial charge in [0.15, 0.2) is 0 Å². The van der Waals surface area contributed by atoms with E-state index >= 15 is 0 Å². The molecule has 0 fully saturated rings. The minimum absolute atomic E-state index is 0.167. The van der Waals surface area contributed by atoms with E-state index in [1.807, 2.05) is 59.9 Å². The van der Waals surface area contributed by atoms with Crippen molar-refractivity contribution in [2.45, 2.75) is 19.6 Å². The standard InChI is InChI=1S/C38H23BOS2/c40-25-11-9-10-23(20-25)36-26-12-1-3-14-28(26)37(29-15-4-2-13-27(29)36)24-21-34-38-35(22-24)42-33-19-8-6-17-31(33)39(38)30-16-5-7-18-32(30)41-34/h1-22,40H/i9D,10D,11D,20D. The molecule has 0 aromatic heterocycles. The van der Waals surface area contributed by atoms with Gasteiger partial charge in [0.2, 0.25) is 6.71 Å². The van der Waals surface area contributed by atoms with E-state index in [1.54, 1.807) is 0 Å². The van der Waals surface area contributed by atoms with Crippen molar-refractivity contribution in [2.75, 3.05) is 0 Å². The van der Waals surface area contributed by atoms with Crippen LogP contribution in [0, 0.1) is 0 Å². The Morgan fingerprint density at radius 2 is 1.02 bits per heavy atom. The van der Waals surface area contributed by atoms with Crippen LogP contribution < -0.4 is 16.4 Å². The number of phenols is 1. The summed E-state index contributed by atoms with van der Waals surface area (Å²) in [7, 11) is 0. The Morgan fingerprint density at radius 1 is 0.548 bits per heavy atom. The van der Waals surface area contributed by atoms with Gasteiger partial charge in [-0.3, -0.25) is 0 Å². The van der Waals surface area contributed by atoms with Crippen LogP contribution in [0.1, 0.15) is 5.48 Å². The predicted octanol–water partition coefficient (Wildman–Crippen LogP) is 8.48. The quantitative estimate of drug-likeness (QED) is 0.165. The van der Waals surface area contributed by atoms with Crippen molar-refractivity contribution in [3.63, 3.8) is 0 Å². The van der Waals surface area contributed by atoms with Gasteiger partial charge in [-0.1, -0.05) is 131 Å². The van der Waals surface area contributed by atoms with Gasteiger partial charge in [0.05, 0.1) is 5.48 Å². The Morgan fingerprint density at radius 3 is 1.57 bits per heavy atom. The van der Waals surface area contributed by atoms with E-state index < -0.39 is 17.8 Å². The molecular weight excluding hydrogens is 547 g/mol. The third-order valence-corrected chi connectivity index (χ3v) is 10.7. The van der Waals surface area contributed by atoms with Crippen LogP contribution in [0.4, 0.5) is 0 Å². The number of benzene rings is 7. The highest BCUT2D eigenvalue weighted by Gasteiger charge is 2.38. The van der Waals surface area contributed by atoms with Crippen molar-refractivity contribution < 1.29 is 10.6 Å². The van der Waals surface area contributed by atoms with Crippen LogP contribution >= 0.6 is 23.5 Å². The monoisotopic (exact) mass is 574 g/mol. The summed E-state index contributed by atoms with van der Waals surface area (Å²) < 4.78 is 34.1. The van der Waals surface area contributed by atoms with Crippen molar-refractivity contribution >= 4 is 68.2 Å². The van der Waals surface area contributed by atoms with Gasteiger partial charge in [-0.25, -0.2) is 0 Å². The van der Waals surface area contributed by atoms with Gasteiger partial charge in [0.1, 0.15) is 5.75 Å². The van der Waals surface area contributed by atoms with Gasteiger partial charge in [0, 0.05) is 19.6 Å². The van der Waals surface area contributed by atoms with E-state index in [-0.39, 0.29) is 24.4 Å². The van der Waals surface area contributed by atoms with Crippen molar-refractivity contribution in [1.29, 1.82) is 0 Å². The summed E-state index contributed by atoms with van der Waals surface area (Å²) in [5.74, 6) is -0.578. The highest BCUT2D eigenvalue weighted by atomic mass is 32.2. The SMILES string of the molecule is [2H]c1c([2H])c(O)c([2H])c(-c2c3ccccc3c(-c3cc4c5c(c3)Sc3ccccc3B5c3ccccc3S4)c3ccccc23)c1[2H]. The average molecular weight is 575 g/mol. The minimum Gasteiger partial charge on any atom is -0.508 e. The number of rotatable bonds is 2. The first kappa shape index (κ1) is 20.5. The van der Waals surface area contributed by atoms with Gasteiger partial charge in [-0.05, 0) is 85.6 Å². The van der Waals surface area contributed by atoms with Gasteiger partial charge in [0.25, 0.3) is 0 Å². The maximum absolute atomic E-state index is 10.7. The number of fused-ring (bicyclic) bond motifs is 6. The second-order valence-corrected chi connectivity index (χ2v) is 12.8. The molecule has 2 aliphatic rings. The fraction of sp³-hybridized carbons (Fsp3) is 0. The molecule has 2 heterocycles. The van der Waals surface area contributed by atoms with E-state index in [1.165, 1.54) is 36.0 Å². The molecule has 0 radical (unpaired) electrons. The molecule has 0 aliphatic carbocycles. The lowest BCUT2D eigenvalue weighted by Gasteiger charge is -2.33. The van der Waals surface area contributed by atoms with Crippen LogP contribution in [-0.4, -0.2) is 11.8 Å². The van der Waals surface area contributed by atoms with Crippen LogP contribution in [0.5, 0.6) is 5.75 Å². The molecule has 2 aliphatic heterocycles. The molecule has 1 N–H and O–H groups in total. The van der Waals surface area contributed by atoms with Crippen molar-refractivity contribution in [2.24, 2.45) is 0 Å². The molecule has 42 heavy (non-hydrogen) atoms. The molecule has 7 aromatic rings. The molecule has 0 saturated carbocycles. The van der Waals surface area contributed by atoms with Crippen LogP contribution in [0.25, 0.3) is 43.8 Å². The zero-order valence-electron chi connectivity index (χ0n) is 26.2. The summed E-state index contributed by atoms with van der Waals surface area (Å²) in [6, 6.07) is 36.7. The summed E-state index contributed by atoms with van der Waals surface area (Å²) in [6.07, 6.45) is 0. The van der Waals surface area contributed by atoms with Crippen molar-refractivity contribution in [1.82, 2.24) is 0 Å². The van der Waals surface area contributed by atoms with Crippen LogP contribution in [0.3, 0.4) is 0 Å². The zero-order chi connectivity index (χ0) is 31.3. The van der Waals surface area contributed by atoms with Gasteiger partial charge >= 0.3 is 0 Å². The van der Waals surface area contributed by atoms with Crippen LogP contribution in [0.15, 0.2) is 153 Å². The Bertz CT molecular complexity index is 2310. The van der Waals surface area contributed by atoms with Crippen molar-refractivity contribution in [3.05, 3.63) is 133 Å².